The van der Waals surface area contributed by atoms with Crippen LogP contribution in [0.5, 0.6) is 0 Å². The molecule has 0 aromatic heterocycles. The molecule has 0 aromatic carbocycles. The minimum absolute atomic E-state index is 0.192. The maximum absolute atomic E-state index is 6.45. The number of hydrogen-bond acceptors (Lipinski definition) is 6. The van der Waals surface area contributed by atoms with E-state index in [0.29, 0.717) is 39.6 Å². The summed E-state index contributed by atoms with van der Waals surface area (Å²) in [6.07, 6.45) is 0. The van der Waals surface area contributed by atoms with Crippen LogP contribution >= 0.6 is 0 Å². The van der Waals surface area contributed by atoms with Crippen LogP contribution in [-0.2, 0) is 28.4 Å². The fourth-order valence-electron chi connectivity index (χ4n) is 4.10. The Hall–Kier alpha value is 0.151. The Morgan fingerprint density at radius 1 is 0.714 bits per heavy atom. The van der Waals surface area contributed by atoms with Crippen LogP contribution in [0.3, 0.4) is 0 Å². The van der Waals surface area contributed by atoms with E-state index >= 15 is 0 Å². The molecule has 0 aliphatic heterocycles. The van der Waals surface area contributed by atoms with Crippen molar-refractivity contribution in [3.8, 4) is 0 Å². The quantitative estimate of drug-likeness (QED) is 0.241. The molecule has 2 atom stereocenters. The largest absolute Gasteiger partial charge is 0.378 e. The van der Waals surface area contributed by atoms with Gasteiger partial charge in [-0.25, -0.2) is 0 Å². The zero-order chi connectivity index (χ0) is 21.8. The van der Waals surface area contributed by atoms with Gasteiger partial charge in [0.2, 0.25) is 8.07 Å². The number of ether oxygens (including phenoxy) is 6. The van der Waals surface area contributed by atoms with Crippen molar-refractivity contribution in [3.05, 3.63) is 12.3 Å². The van der Waals surface area contributed by atoms with Gasteiger partial charge in [-0.2, -0.15) is 0 Å². The lowest BCUT2D eigenvalue weighted by molar-refractivity contribution is -0.260. The second-order valence-corrected chi connectivity index (χ2v) is 13.0. The van der Waals surface area contributed by atoms with Gasteiger partial charge in [0.25, 0.3) is 0 Å². The molecule has 0 aromatic rings. The van der Waals surface area contributed by atoms with Gasteiger partial charge in [0.1, 0.15) is 0 Å². The van der Waals surface area contributed by atoms with Crippen LogP contribution in [-0.4, -0.2) is 90.5 Å². The summed E-state index contributed by atoms with van der Waals surface area (Å²) in [6, 6.07) is 0. The van der Waals surface area contributed by atoms with E-state index in [4.69, 9.17) is 28.4 Å². The molecule has 0 saturated carbocycles. The summed E-state index contributed by atoms with van der Waals surface area (Å²) < 4.78 is 38.0. The van der Waals surface area contributed by atoms with Crippen LogP contribution in [0.25, 0.3) is 0 Å². The fourth-order valence-corrected chi connectivity index (χ4v) is 13.7. The van der Waals surface area contributed by atoms with Crippen LogP contribution < -0.4 is 0 Å². The highest BCUT2D eigenvalue weighted by molar-refractivity contribution is 6.88. The second kappa shape index (κ2) is 13.5. The van der Waals surface area contributed by atoms with Crippen molar-refractivity contribution in [2.75, 3.05) is 39.6 Å². The zero-order valence-electron chi connectivity index (χ0n) is 19.6. The molecule has 168 valence electrons. The van der Waals surface area contributed by atoms with E-state index in [9.17, 15) is 0 Å². The summed E-state index contributed by atoms with van der Waals surface area (Å²) >= 11 is 0. The average Bonchev–Trinajstić information content (AvgIpc) is 2.66. The predicted molar refractivity (Wildman–Crippen MR) is 124 cm³/mol. The maximum atomic E-state index is 6.45. The smallest absolute Gasteiger partial charge is 0.219 e. The lowest BCUT2D eigenvalue weighted by Gasteiger charge is -2.57. The maximum Gasteiger partial charge on any atom is 0.219 e. The van der Waals surface area contributed by atoms with E-state index in [-0.39, 0.29) is 11.5 Å². The van der Waals surface area contributed by atoms with Crippen LogP contribution in [0, 0.1) is 0 Å². The van der Waals surface area contributed by atoms with E-state index in [1.165, 1.54) is 0 Å². The van der Waals surface area contributed by atoms with Gasteiger partial charge in [-0.05, 0) is 41.5 Å². The summed E-state index contributed by atoms with van der Waals surface area (Å²) in [4.78, 5) is 0. The molecule has 0 heterocycles. The summed E-state index contributed by atoms with van der Waals surface area (Å²) in [5.41, 5.74) is -0.335. The van der Waals surface area contributed by atoms with Crippen molar-refractivity contribution < 1.29 is 28.4 Å². The highest BCUT2D eigenvalue weighted by atomic mass is 28.3. The third-order valence-electron chi connectivity index (χ3n) is 5.19. The first-order chi connectivity index (χ1) is 13.3. The molecule has 0 bridgehead atoms. The summed E-state index contributed by atoms with van der Waals surface area (Å²) in [5, 5.41) is 0. The Bertz CT molecular complexity index is 394. The highest BCUT2D eigenvalue weighted by Gasteiger charge is 2.69. The molecule has 0 rings (SSSR count). The lowest BCUT2D eigenvalue weighted by Crippen LogP contribution is -2.80. The molecule has 0 saturated heterocycles. The number of rotatable bonds is 17. The SMILES string of the molecule is C=C[Si](C)(C(OCC)(OCC)C([SiH3])OCC)C(OCC)(OCC)C([SiH3])OCC. The molecule has 9 heteroatoms. The molecule has 0 aliphatic carbocycles. The first-order valence-electron chi connectivity index (χ1n) is 10.7. The molecule has 0 radical (unpaired) electrons. The van der Waals surface area contributed by atoms with Gasteiger partial charge in [0.15, 0.2) is 10.8 Å². The third kappa shape index (κ3) is 5.44. The number of hydrogen-bond donors (Lipinski definition) is 0. The molecule has 0 amide bonds. The van der Waals surface area contributed by atoms with Crippen molar-refractivity contribution in [2.45, 2.75) is 70.4 Å². The van der Waals surface area contributed by atoms with E-state index < -0.39 is 18.9 Å². The molecule has 0 spiro atoms. The van der Waals surface area contributed by atoms with Gasteiger partial charge in [0, 0.05) is 60.1 Å². The van der Waals surface area contributed by atoms with Crippen molar-refractivity contribution in [1.29, 1.82) is 0 Å². The molecule has 2 unspecified atom stereocenters. The molecule has 0 fully saturated rings. The molecule has 0 N–H and O–H groups in total. The Morgan fingerprint density at radius 3 is 1.18 bits per heavy atom. The van der Waals surface area contributed by atoms with Crippen molar-refractivity contribution in [1.82, 2.24) is 0 Å². The molecule has 28 heavy (non-hydrogen) atoms. The molecular weight excluding hydrogens is 408 g/mol. The first-order valence-corrected chi connectivity index (χ1v) is 15.6. The first kappa shape index (κ1) is 28.2. The summed E-state index contributed by atoms with van der Waals surface area (Å²) in [7, 11) is -1.40. The average molecular weight is 453 g/mol. The third-order valence-corrected chi connectivity index (χ3v) is 13.6. The van der Waals surface area contributed by atoms with E-state index in [0.717, 1.165) is 20.5 Å². The Kier molecular flexibility index (Phi) is 13.5. The summed E-state index contributed by atoms with van der Waals surface area (Å²) in [5.74, 6) is 0. The van der Waals surface area contributed by atoms with Crippen molar-refractivity contribution in [3.63, 3.8) is 0 Å². The van der Waals surface area contributed by atoms with Crippen LogP contribution in [0.2, 0.25) is 6.55 Å². The highest BCUT2D eigenvalue weighted by Crippen LogP contribution is 2.43. The van der Waals surface area contributed by atoms with Gasteiger partial charge >= 0.3 is 0 Å². The second-order valence-electron chi connectivity index (χ2n) is 6.67. The fraction of sp³-hybridized carbons (Fsp3) is 0.895. The lowest BCUT2D eigenvalue weighted by atomic mass is 10.5. The monoisotopic (exact) mass is 452 g/mol. The molecule has 0 aliphatic rings. The Labute approximate surface area is 179 Å². The van der Waals surface area contributed by atoms with Gasteiger partial charge in [-0.3, -0.25) is 0 Å². The van der Waals surface area contributed by atoms with E-state index in [1.54, 1.807) is 0 Å². The topological polar surface area (TPSA) is 55.4 Å². The van der Waals surface area contributed by atoms with E-state index in [1.807, 2.05) is 47.2 Å². The van der Waals surface area contributed by atoms with Crippen LogP contribution in [0.1, 0.15) is 41.5 Å². The van der Waals surface area contributed by atoms with E-state index in [2.05, 4.69) is 13.1 Å². The predicted octanol–water partition coefficient (Wildman–Crippen LogP) is 0.863. The summed E-state index contributed by atoms with van der Waals surface area (Å²) in [6.45, 7) is 21.5. The van der Waals surface area contributed by atoms with Gasteiger partial charge in [-0.1, -0.05) is 12.2 Å². The van der Waals surface area contributed by atoms with Crippen LogP contribution in [0.4, 0.5) is 0 Å². The minimum Gasteiger partial charge on any atom is -0.378 e. The zero-order valence-corrected chi connectivity index (χ0v) is 24.6. The standard InChI is InChI=1S/C19H44O6Si3/c1-9-20-16(26)18(22-11-3,23-12-4)28(8,15-7)19(24-13-5,25-14-6)17(27)21-10-2/h15-17H,7,9-14H2,1-6,8,26-27H3. The normalized spacial score (nSPS) is 17.4. The Balaban J connectivity index is 6.88. The molecule has 6 nitrogen and oxygen atoms in total. The van der Waals surface area contributed by atoms with Gasteiger partial charge in [0.05, 0.1) is 11.5 Å². The van der Waals surface area contributed by atoms with Gasteiger partial charge < -0.3 is 28.4 Å². The van der Waals surface area contributed by atoms with Crippen molar-refractivity contribution in [2.24, 2.45) is 0 Å². The minimum atomic E-state index is -2.87. The molecular formula is C19H44O6Si3. The van der Waals surface area contributed by atoms with Crippen molar-refractivity contribution >= 4 is 28.6 Å². The Morgan fingerprint density at radius 2 is 1.00 bits per heavy atom. The van der Waals surface area contributed by atoms with Gasteiger partial charge in [-0.15, -0.1) is 6.58 Å². The van der Waals surface area contributed by atoms with Crippen LogP contribution in [0.15, 0.2) is 12.3 Å².